The highest BCUT2D eigenvalue weighted by Gasteiger charge is 2.23. The Hall–Kier alpha value is -4.30. The van der Waals surface area contributed by atoms with Crippen molar-refractivity contribution < 1.29 is 13.2 Å². The molecule has 1 N–H and O–H groups in total. The third-order valence-corrected chi connectivity index (χ3v) is 9.06. The van der Waals surface area contributed by atoms with Crippen LogP contribution in [0.3, 0.4) is 0 Å². The highest BCUT2D eigenvalue weighted by atomic mass is 32.2. The molecule has 222 valence electrons. The standard InChI is InChI=1S/C35H38N4O3S/c1-5-10-27-15-19-31(43(41,42)38-33(40)20-16-26-11-8-7-9-12-26)30(22-27)29-17-13-28(14-18-29)23-39-32(6-2)37-34-24(3)21-25(4)36-35(34)39/h7-9,11-15,17-19,21-22H,5-6,10,16,20,23H2,1-4H3,(H,38,40). The fourth-order valence-corrected chi connectivity index (χ4v) is 6.72. The zero-order valence-electron chi connectivity index (χ0n) is 25.2. The van der Waals surface area contributed by atoms with Crippen molar-refractivity contribution in [3.8, 4) is 11.1 Å². The lowest BCUT2D eigenvalue weighted by molar-refractivity contribution is -0.119. The van der Waals surface area contributed by atoms with Crippen LogP contribution in [0.25, 0.3) is 22.3 Å². The zero-order valence-corrected chi connectivity index (χ0v) is 26.0. The van der Waals surface area contributed by atoms with E-state index in [1.165, 1.54) is 0 Å². The molecule has 43 heavy (non-hydrogen) atoms. The molecule has 0 aliphatic heterocycles. The maximum absolute atomic E-state index is 13.5. The zero-order chi connectivity index (χ0) is 30.6. The number of rotatable bonds is 11. The van der Waals surface area contributed by atoms with Crippen molar-refractivity contribution >= 4 is 27.1 Å². The predicted molar refractivity (Wildman–Crippen MR) is 171 cm³/mol. The summed E-state index contributed by atoms with van der Waals surface area (Å²) in [6.07, 6.45) is 3.10. The summed E-state index contributed by atoms with van der Waals surface area (Å²) in [6.45, 7) is 8.85. The molecular formula is C35H38N4O3S. The smallest absolute Gasteiger partial charge is 0.264 e. The number of sulfonamides is 1. The van der Waals surface area contributed by atoms with Crippen molar-refractivity contribution in [2.45, 2.75) is 71.2 Å². The third kappa shape index (κ3) is 6.86. The Labute approximate surface area is 254 Å². The highest BCUT2D eigenvalue weighted by molar-refractivity contribution is 7.90. The first-order valence-electron chi connectivity index (χ1n) is 14.8. The molecule has 0 aliphatic carbocycles. The highest BCUT2D eigenvalue weighted by Crippen LogP contribution is 2.30. The number of pyridine rings is 1. The number of aromatic nitrogens is 3. The van der Waals surface area contributed by atoms with Crippen LogP contribution in [0.5, 0.6) is 0 Å². The van der Waals surface area contributed by atoms with E-state index < -0.39 is 15.9 Å². The minimum Gasteiger partial charge on any atom is -0.308 e. The molecule has 0 saturated heterocycles. The fourth-order valence-electron chi connectivity index (χ4n) is 5.50. The summed E-state index contributed by atoms with van der Waals surface area (Å²) in [6, 6.07) is 24.9. The van der Waals surface area contributed by atoms with E-state index >= 15 is 0 Å². The lowest BCUT2D eigenvalue weighted by atomic mass is 10.00. The van der Waals surface area contributed by atoms with E-state index in [0.717, 1.165) is 69.8 Å². The van der Waals surface area contributed by atoms with Crippen LogP contribution in [0.4, 0.5) is 0 Å². The van der Waals surface area contributed by atoms with E-state index in [4.69, 9.17) is 9.97 Å². The number of aryl methyl sites for hydroxylation is 5. The van der Waals surface area contributed by atoms with E-state index in [1.807, 2.05) is 73.7 Å². The minimum atomic E-state index is -4.09. The minimum absolute atomic E-state index is 0.0811. The molecule has 0 unspecified atom stereocenters. The van der Waals surface area contributed by atoms with Gasteiger partial charge in [0.25, 0.3) is 10.0 Å². The van der Waals surface area contributed by atoms with Gasteiger partial charge in [-0.25, -0.2) is 23.1 Å². The number of nitrogens with one attached hydrogen (secondary N) is 1. The number of nitrogens with zero attached hydrogens (tertiary/aromatic N) is 3. The molecule has 5 rings (SSSR count). The van der Waals surface area contributed by atoms with Crippen molar-refractivity contribution in [3.63, 3.8) is 0 Å². The van der Waals surface area contributed by atoms with Crippen molar-refractivity contribution in [2.24, 2.45) is 0 Å². The van der Waals surface area contributed by atoms with Gasteiger partial charge in [0.05, 0.1) is 11.4 Å². The molecule has 0 bridgehead atoms. The van der Waals surface area contributed by atoms with Crippen molar-refractivity contribution in [1.82, 2.24) is 19.3 Å². The van der Waals surface area contributed by atoms with Gasteiger partial charge in [-0.05, 0) is 72.7 Å². The van der Waals surface area contributed by atoms with Gasteiger partial charge in [-0.3, -0.25) is 4.79 Å². The Kier molecular flexibility index (Phi) is 9.06. The summed E-state index contributed by atoms with van der Waals surface area (Å²) >= 11 is 0. The molecular weight excluding hydrogens is 556 g/mol. The van der Waals surface area contributed by atoms with E-state index in [1.54, 1.807) is 6.07 Å². The number of hydrogen-bond acceptors (Lipinski definition) is 5. The largest absolute Gasteiger partial charge is 0.308 e. The van der Waals surface area contributed by atoms with E-state index in [2.05, 4.69) is 36.1 Å². The van der Waals surface area contributed by atoms with Gasteiger partial charge in [-0.2, -0.15) is 0 Å². The second-order valence-electron chi connectivity index (χ2n) is 11.0. The summed E-state index contributed by atoms with van der Waals surface area (Å²) in [5, 5.41) is 0. The van der Waals surface area contributed by atoms with Gasteiger partial charge in [0.15, 0.2) is 5.65 Å². The number of hydrogen-bond donors (Lipinski definition) is 1. The second kappa shape index (κ2) is 12.9. The van der Waals surface area contributed by atoms with Crippen LogP contribution in [-0.4, -0.2) is 28.9 Å². The van der Waals surface area contributed by atoms with Gasteiger partial charge in [0, 0.05) is 24.1 Å². The number of carbonyl (C=O) groups excluding carboxylic acids is 1. The summed E-state index contributed by atoms with van der Waals surface area (Å²) in [7, 11) is -4.09. The molecule has 2 heterocycles. The van der Waals surface area contributed by atoms with Crippen LogP contribution in [0.1, 0.15) is 60.5 Å². The normalized spacial score (nSPS) is 11.6. The molecule has 3 aromatic carbocycles. The van der Waals surface area contributed by atoms with Crippen LogP contribution in [-0.2, 0) is 40.6 Å². The first-order chi connectivity index (χ1) is 20.7. The summed E-state index contributed by atoms with van der Waals surface area (Å²) in [4.78, 5) is 22.4. The van der Waals surface area contributed by atoms with E-state index in [-0.39, 0.29) is 11.3 Å². The van der Waals surface area contributed by atoms with Gasteiger partial charge in [-0.1, -0.05) is 80.9 Å². The maximum atomic E-state index is 13.5. The molecule has 0 spiro atoms. The third-order valence-electron chi connectivity index (χ3n) is 7.63. The quantitative estimate of drug-likeness (QED) is 0.183. The van der Waals surface area contributed by atoms with Crippen LogP contribution in [0, 0.1) is 13.8 Å². The molecule has 0 fully saturated rings. The molecule has 0 aliphatic rings. The van der Waals surface area contributed by atoms with Crippen molar-refractivity contribution in [3.05, 3.63) is 113 Å². The lowest BCUT2D eigenvalue weighted by Crippen LogP contribution is -2.31. The molecule has 0 saturated carbocycles. The lowest BCUT2D eigenvalue weighted by Gasteiger charge is -2.15. The second-order valence-corrected chi connectivity index (χ2v) is 12.7. The average molecular weight is 595 g/mol. The fraction of sp³-hybridized carbons (Fsp3) is 0.286. The molecule has 8 heteroatoms. The number of imidazole rings is 1. The summed E-state index contributed by atoms with van der Waals surface area (Å²) in [5.41, 5.74) is 8.31. The van der Waals surface area contributed by atoms with Crippen LogP contribution < -0.4 is 4.72 Å². The topological polar surface area (TPSA) is 94.0 Å². The van der Waals surface area contributed by atoms with Gasteiger partial charge >= 0.3 is 0 Å². The molecule has 1 amide bonds. The maximum Gasteiger partial charge on any atom is 0.264 e. The molecule has 5 aromatic rings. The Morgan fingerprint density at radius 2 is 1.56 bits per heavy atom. The van der Waals surface area contributed by atoms with Crippen LogP contribution in [0.15, 0.2) is 83.8 Å². The van der Waals surface area contributed by atoms with E-state index in [9.17, 15) is 13.2 Å². The Morgan fingerprint density at radius 1 is 0.837 bits per heavy atom. The first-order valence-corrected chi connectivity index (χ1v) is 16.3. The monoisotopic (exact) mass is 594 g/mol. The number of amides is 1. The summed E-state index contributed by atoms with van der Waals surface area (Å²) in [5.74, 6) is 0.449. The van der Waals surface area contributed by atoms with Crippen LogP contribution in [0.2, 0.25) is 0 Å². The van der Waals surface area contributed by atoms with Gasteiger partial charge in [0.2, 0.25) is 5.91 Å². The average Bonchev–Trinajstić information content (AvgIpc) is 3.34. The Bertz CT molecular complexity index is 1860. The first kappa shape index (κ1) is 30.2. The predicted octanol–water partition coefficient (Wildman–Crippen LogP) is 6.72. The van der Waals surface area contributed by atoms with Crippen LogP contribution >= 0.6 is 0 Å². The van der Waals surface area contributed by atoms with Crippen molar-refractivity contribution in [2.75, 3.05) is 0 Å². The molecule has 2 aromatic heterocycles. The number of fused-ring (bicyclic) bond motifs is 1. The summed E-state index contributed by atoms with van der Waals surface area (Å²) < 4.78 is 31.5. The molecule has 0 radical (unpaired) electrons. The van der Waals surface area contributed by atoms with Gasteiger partial charge < -0.3 is 4.57 Å². The molecule has 0 atom stereocenters. The Balaban J connectivity index is 1.43. The Morgan fingerprint density at radius 3 is 2.26 bits per heavy atom. The van der Waals surface area contributed by atoms with Gasteiger partial charge in [0.1, 0.15) is 11.3 Å². The SMILES string of the molecule is CCCc1ccc(S(=O)(=O)NC(=O)CCc2ccccc2)c(-c2ccc(Cn3c(CC)nc4c(C)cc(C)nc43)cc2)c1. The van der Waals surface area contributed by atoms with Gasteiger partial charge in [-0.15, -0.1) is 0 Å². The molecule has 7 nitrogen and oxygen atoms in total. The number of benzene rings is 3. The van der Waals surface area contributed by atoms with E-state index in [0.29, 0.717) is 18.5 Å². The van der Waals surface area contributed by atoms with Crippen molar-refractivity contribution in [1.29, 1.82) is 0 Å². The number of carbonyl (C=O) groups is 1.